The van der Waals surface area contributed by atoms with E-state index < -0.39 is 0 Å². The first-order valence-corrected chi connectivity index (χ1v) is 6.83. The van der Waals surface area contributed by atoms with Crippen LogP contribution in [0.3, 0.4) is 0 Å². The molecule has 0 aromatic heterocycles. The highest BCUT2D eigenvalue weighted by atomic mass is 16.5. The molecule has 0 aromatic carbocycles. The molecule has 3 nitrogen and oxygen atoms in total. The Kier molecular flexibility index (Phi) is 13.0. The van der Waals surface area contributed by atoms with Crippen molar-refractivity contribution in [2.45, 2.75) is 64.7 Å². The lowest BCUT2D eigenvalue weighted by molar-refractivity contribution is -0.141. The van der Waals surface area contributed by atoms with Gasteiger partial charge in [-0.25, -0.2) is 0 Å². The van der Waals surface area contributed by atoms with E-state index in [1.807, 2.05) is 0 Å². The van der Waals surface area contributed by atoms with Gasteiger partial charge in [-0.05, 0) is 19.3 Å². The molecule has 0 bridgehead atoms. The van der Waals surface area contributed by atoms with Gasteiger partial charge in [-0.15, -0.1) is 0 Å². The summed E-state index contributed by atoms with van der Waals surface area (Å²) in [4.78, 5) is 10.5. The standard InChI is InChI=1S/C14H27O3/c1-14(16)17-13-11-9-7-5-3-2-4-6-8-10-12-15/h2,15H,3-13H2,1H3. The van der Waals surface area contributed by atoms with Crippen molar-refractivity contribution in [1.82, 2.24) is 0 Å². The summed E-state index contributed by atoms with van der Waals surface area (Å²) in [5, 5.41) is 8.60. The highest BCUT2D eigenvalue weighted by Crippen LogP contribution is 2.09. The van der Waals surface area contributed by atoms with Gasteiger partial charge in [0.2, 0.25) is 0 Å². The number of carbonyl (C=O) groups excluding carboxylic acids is 1. The van der Waals surface area contributed by atoms with Gasteiger partial charge in [0, 0.05) is 13.5 Å². The number of esters is 1. The summed E-state index contributed by atoms with van der Waals surface area (Å²) in [6, 6.07) is 0. The van der Waals surface area contributed by atoms with E-state index in [1.165, 1.54) is 39.0 Å². The van der Waals surface area contributed by atoms with Crippen LogP contribution >= 0.6 is 0 Å². The topological polar surface area (TPSA) is 46.5 Å². The molecule has 0 saturated heterocycles. The van der Waals surface area contributed by atoms with Crippen molar-refractivity contribution < 1.29 is 14.6 Å². The van der Waals surface area contributed by atoms with Crippen LogP contribution in [-0.4, -0.2) is 24.3 Å². The van der Waals surface area contributed by atoms with Crippen LogP contribution in [0, 0.1) is 6.42 Å². The second kappa shape index (κ2) is 13.5. The zero-order valence-corrected chi connectivity index (χ0v) is 11.1. The molecule has 0 atom stereocenters. The molecule has 3 heteroatoms. The number of hydrogen-bond acceptors (Lipinski definition) is 3. The molecule has 0 aliphatic rings. The predicted molar refractivity (Wildman–Crippen MR) is 69.6 cm³/mol. The Balaban J connectivity index is 2.91. The van der Waals surface area contributed by atoms with Crippen molar-refractivity contribution in [3.8, 4) is 0 Å². The van der Waals surface area contributed by atoms with Gasteiger partial charge < -0.3 is 9.84 Å². The van der Waals surface area contributed by atoms with E-state index in [-0.39, 0.29) is 5.97 Å². The molecule has 0 aliphatic heterocycles. The minimum atomic E-state index is -0.179. The Labute approximate surface area is 106 Å². The van der Waals surface area contributed by atoms with E-state index in [9.17, 15) is 4.79 Å². The van der Waals surface area contributed by atoms with Gasteiger partial charge in [-0.2, -0.15) is 0 Å². The van der Waals surface area contributed by atoms with E-state index in [0.29, 0.717) is 13.2 Å². The van der Waals surface area contributed by atoms with Crippen LogP contribution < -0.4 is 0 Å². The number of unbranched alkanes of at least 4 members (excludes halogenated alkanes) is 9. The fraction of sp³-hybridized carbons (Fsp3) is 0.857. The van der Waals surface area contributed by atoms with Crippen LogP contribution in [0.15, 0.2) is 0 Å². The lowest BCUT2D eigenvalue weighted by Gasteiger charge is -2.02. The number of rotatable bonds is 12. The third-order valence-corrected chi connectivity index (χ3v) is 2.67. The minimum Gasteiger partial charge on any atom is -0.466 e. The first-order chi connectivity index (χ1) is 8.27. The normalized spacial score (nSPS) is 10.5. The largest absolute Gasteiger partial charge is 0.466 e. The quantitative estimate of drug-likeness (QED) is 0.423. The lowest BCUT2D eigenvalue weighted by atomic mass is 10.1. The molecule has 0 unspecified atom stereocenters. The molecule has 0 fully saturated rings. The summed E-state index contributed by atoms with van der Waals surface area (Å²) >= 11 is 0. The van der Waals surface area contributed by atoms with Crippen molar-refractivity contribution in [2.24, 2.45) is 0 Å². The molecule has 0 amide bonds. The molecule has 0 rings (SSSR count). The van der Waals surface area contributed by atoms with Crippen molar-refractivity contribution in [3.63, 3.8) is 0 Å². The lowest BCUT2D eigenvalue weighted by Crippen LogP contribution is -2.00. The van der Waals surface area contributed by atoms with Gasteiger partial charge in [0.15, 0.2) is 0 Å². The molecule has 0 heterocycles. The second-order valence-electron chi connectivity index (χ2n) is 4.40. The first-order valence-electron chi connectivity index (χ1n) is 6.83. The third-order valence-electron chi connectivity index (χ3n) is 2.67. The van der Waals surface area contributed by atoms with Crippen molar-refractivity contribution in [2.75, 3.05) is 13.2 Å². The summed E-state index contributed by atoms with van der Waals surface area (Å²) in [5.74, 6) is -0.179. The molecule has 101 valence electrons. The number of aliphatic hydroxyl groups is 1. The average Bonchev–Trinajstić information content (AvgIpc) is 2.30. The first kappa shape index (κ1) is 16.4. The predicted octanol–water partition coefficient (Wildman–Crippen LogP) is 3.26. The highest BCUT2D eigenvalue weighted by molar-refractivity contribution is 5.65. The van der Waals surface area contributed by atoms with Crippen LogP contribution in [0.5, 0.6) is 0 Å². The van der Waals surface area contributed by atoms with Crippen molar-refractivity contribution in [3.05, 3.63) is 6.42 Å². The SMILES string of the molecule is CC(=O)OCCCCCC[CH]CCCCCO. The summed E-state index contributed by atoms with van der Waals surface area (Å²) in [6.45, 7) is 2.34. The Morgan fingerprint density at radius 2 is 1.59 bits per heavy atom. The van der Waals surface area contributed by atoms with E-state index >= 15 is 0 Å². The van der Waals surface area contributed by atoms with Crippen LogP contribution in [0.2, 0.25) is 0 Å². The zero-order chi connectivity index (χ0) is 12.8. The molecule has 0 spiro atoms. The zero-order valence-electron chi connectivity index (χ0n) is 11.1. The molecule has 17 heavy (non-hydrogen) atoms. The third kappa shape index (κ3) is 15.4. The van der Waals surface area contributed by atoms with Gasteiger partial charge in [-0.3, -0.25) is 4.79 Å². The van der Waals surface area contributed by atoms with Crippen LogP contribution in [-0.2, 0) is 9.53 Å². The summed E-state index contributed by atoms with van der Waals surface area (Å²) in [5.41, 5.74) is 0. The van der Waals surface area contributed by atoms with Crippen LogP contribution in [0.25, 0.3) is 0 Å². The molecule has 1 radical (unpaired) electrons. The van der Waals surface area contributed by atoms with Crippen molar-refractivity contribution >= 4 is 5.97 Å². The van der Waals surface area contributed by atoms with Crippen molar-refractivity contribution in [1.29, 1.82) is 0 Å². The van der Waals surface area contributed by atoms with Crippen LogP contribution in [0.4, 0.5) is 0 Å². The van der Waals surface area contributed by atoms with Gasteiger partial charge >= 0.3 is 5.97 Å². The maximum atomic E-state index is 10.5. The van der Waals surface area contributed by atoms with Gasteiger partial charge in [0.05, 0.1) is 6.61 Å². The fourth-order valence-electron chi connectivity index (χ4n) is 1.68. The minimum absolute atomic E-state index is 0.179. The second-order valence-corrected chi connectivity index (χ2v) is 4.40. The van der Waals surface area contributed by atoms with Gasteiger partial charge in [-0.1, -0.05) is 44.9 Å². The molecular formula is C14H27O3. The monoisotopic (exact) mass is 243 g/mol. The molecule has 0 aromatic rings. The van der Waals surface area contributed by atoms with Gasteiger partial charge in [0.1, 0.15) is 0 Å². The number of carbonyl (C=O) groups is 1. The number of ether oxygens (including phenoxy) is 1. The molecular weight excluding hydrogens is 216 g/mol. The Morgan fingerprint density at radius 3 is 2.18 bits per heavy atom. The Morgan fingerprint density at radius 1 is 1.00 bits per heavy atom. The van der Waals surface area contributed by atoms with Gasteiger partial charge in [0.25, 0.3) is 0 Å². The summed E-state index contributed by atoms with van der Waals surface area (Å²) < 4.78 is 4.86. The van der Waals surface area contributed by atoms with E-state index in [4.69, 9.17) is 9.84 Å². The average molecular weight is 243 g/mol. The van der Waals surface area contributed by atoms with Crippen LogP contribution in [0.1, 0.15) is 64.7 Å². The van der Waals surface area contributed by atoms with E-state index in [1.54, 1.807) is 0 Å². The number of hydrogen-bond donors (Lipinski definition) is 1. The van der Waals surface area contributed by atoms with E-state index in [0.717, 1.165) is 25.7 Å². The molecule has 0 saturated carbocycles. The number of aliphatic hydroxyl groups excluding tert-OH is 1. The molecule has 0 aliphatic carbocycles. The Bertz CT molecular complexity index is 169. The fourth-order valence-corrected chi connectivity index (χ4v) is 1.68. The Hall–Kier alpha value is -0.570. The van der Waals surface area contributed by atoms with E-state index in [2.05, 4.69) is 6.42 Å². The maximum absolute atomic E-state index is 10.5. The highest BCUT2D eigenvalue weighted by Gasteiger charge is 1.94. The summed E-state index contributed by atoms with van der Waals surface area (Å²) in [7, 11) is 0. The summed E-state index contributed by atoms with van der Waals surface area (Å²) in [6.07, 6.45) is 12.6. The maximum Gasteiger partial charge on any atom is 0.302 e. The smallest absolute Gasteiger partial charge is 0.302 e. The molecule has 1 N–H and O–H groups in total.